The molecule has 31 heavy (non-hydrogen) atoms. The third-order valence-electron chi connectivity index (χ3n) is 5.55. The highest BCUT2D eigenvalue weighted by atomic mass is 35.5. The number of fused-ring (bicyclic) bond motifs is 1. The molecule has 3 aromatic rings. The van der Waals surface area contributed by atoms with Crippen LogP contribution in [0.15, 0.2) is 42.5 Å². The Morgan fingerprint density at radius 3 is 2.61 bits per heavy atom. The van der Waals surface area contributed by atoms with Crippen LogP contribution in [0.3, 0.4) is 0 Å². The van der Waals surface area contributed by atoms with E-state index in [-0.39, 0.29) is 5.91 Å². The van der Waals surface area contributed by atoms with E-state index in [9.17, 15) is 4.79 Å². The molecule has 0 radical (unpaired) electrons. The molecule has 0 saturated heterocycles. The summed E-state index contributed by atoms with van der Waals surface area (Å²) in [5.74, 6) is 1.41. The molecule has 0 spiro atoms. The Morgan fingerprint density at radius 2 is 1.84 bits per heavy atom. The number of para-hydroxylation sites is 1. The van der Waals surface area contributed by atoms with E-state index in [0.29, 0.717) is 49.1 Å². The third kappa shape index (κ3) is 4.26. The minimum Gasteiger partial charge on any atom is -0.486 e. The molecule has 0 fully saturated rings. The molecule has 2 heterocycles. The molecule has 0 saturated carbocycles. The number of hydrogen-bond acceptors (Lipinski definition) is 4. The number of benzene rings is 2. The average Bonchev–Trinajstić information content (AvgIpc) is 3.06. The zero-order valence-corrected chi connectivity index (χ0v) is 18.8. The number of aromatic nitrogens is 2. The number of hydrogen-bond donors (Lipinski definition) is 0. The monoisotopic (exact) mass is 439 g/mol. The van der Waals surface area contributed by atoms with Crippen molar-refractivity contribution >= 4 is 17.5 Å². The topological polar surface area (TPSA) is 56.6 Å². The Kier molecular flexibility index (Phi) is 6.18. The van der Waals surface area contributed by atoms with Crippen molar-refractivity contribution in [2.24, 2.45) is 0 Å². The summed E-state index contributed by atoms with van der Waals surface area (Å²) in [6, 6.07) is 13.5. The van der Waals surface area contributed by atoms with Crippen molar-refractivity contribution in [1.82, 2.24) is 14.7 Å². The first-order chi connectivity index (χ1) is 15.0. The van der Waals surface area contributed by atoms with E-state index in [0.717, 1.165) is 28.3 Å². The second-order valence-electron chi connectivity index (χ2n) is 7.56. The lowest BCUT2D eigenvalue weighted by molar-refractivity contribution is 0.0747. The maximum atomic E-state index is 13.5. The number of aryl methyl sites for hydroxylation is 1. The van der Waals surface area contributed by atoms with Crippen LogP contribution in [0.1, 0.15) is 39.8 Å². The number of carbonyl (C=O) groups excluding carboxylic acids is 1. The van der Waals surface area contributed by atoms with E-state index >= 15 is 0 Å². The lowest BCUT2D eigenvalue weighted by Gasteiger charge is -2.25. The summed E-state index contributed by atoms with van der Waals surface area (Å²) in [5, 5.41) is 5.32. The fraction of sp³-hybridized carbons (Fsp3) is 0.333. The highest BCUT2D eigenvalue weighted by Gasteiger charge is 2.25. The zero-order chi connectivity index (χ0) is 22.0. The number of carbonyl (C=O) groups is 1. The predicted octanol–water partition coefficient (Wildman–Crippen LogP) is 4.64. The van der Waals surface area contributed by atoms with Crippen LogP contribution in [0, 0.1) is 13.8 Å². The van der Waals surface area contributed by atoms with Crippen molar-refractivity contribution in [3.8, 4) is 11.5 Å². The maximum absolute atomic E-state index is 13.5. The molecule has 6 nitrogen and oxygen atoms in total. The fourth-order valence-electron chi connectivity index (χ4n) is 3.90. The SMILES string of the molecule is CCN(Cc1cccc2c1OCCO2)C(=O)c1c(C)nn(Cc2ccccc2Cl)c1C. The molecular formula is C24H26ClN3O3. The quantitative estimate of drug-likeness (QED) is 0.561. The molecule has 0 atom stereocenters. The van der Waals surface area contributed by atoms with Crippen LogP contribution in [-0.2, 0) is 13.1 Å². The lowest BCUT2D eigenvalue weighted by atomic mass is 10.1. The summed E-state index contributed by atoms with van der Waals surface area (Å²) >= 11 is 6.32. The summed E-state index contributed by atoms with van der Waals surface area (Å²) in [5.41, 5.74) is 4.08. The minimum absolute atomic E-state index is 0.0442. The Balaban J connectivity index is 1.60. The largest absolute Gasteiger partial charge is 0.486 e. The van der Waals surface area contributed by atoms with Gasteiger partial charge in [0.05, 0.1) is 17.8 Å². The van der Waals surface area contributed by atoms with Crippen LogP contribution in [-0.4, -0.2) is 40.3 Å². The van der Waals surface area contributed by atoms with Crippen molar-refractivity contribution in [1.29, 1.82) is 0 Å². The summed E-state index contributed by atoms with van der Waals surface area (Å²) in [6.07, 6.45) is 0. The summed E-state index contributed by atoms with van der Waals surface area (Å²) in [4.78, 5) is 15.3. The van der Waals surface area contributed by atoms with Crippen molar-refractivity contribution in [3.63, 3.8) is 0 Å². The highest BCUT2D eigenvalue weighted by Crippen LogP contribution is 2.34. The molecule has 7 heteroatoms. The van der Waals surface area contributed by atoms with Gasteiger partial charge in [-0.15, -0.1) is 0 Å². The smallest absolute Gasteiger partial charge is 0.257 e. The molecule has 1 aromatic heterocycles. The van der Waals surface area contributed by atoms with Crippen molar-refractivity contribution in [2.45, 2.75) is 33.9 Å². The molecule has 0 bridgehead atoms. The fourth-order valence-corrected chi connectivity index (χ4v) is 4.09. The van der Waals surface area contributed by atoms with Crippen LogP contribution in [0.5, 0.6) is 11.5 Å². The first-order valence-electron chi connectivity index (χ1n) is 10.4. The van der Waals surface area contributed by atoms with E-state index in [1.807, 2.05) is 72.8 Å². The summed E-state index contributed by atoms with van der Waals surface area (Å²) in [7, 11) is 0. The van der Waals surface area contributed by atoms with Gasteiger partial charge in [0, 0.05) is 29.4 Å². The number of nitrogens with zero attached hydrogens (tertiary/aromatic N) is 3. The third-order valence-corrected chi connectivity index (χ3v) is 5.92. The Labute approximate surface area is 187 Å². The molecule has 0 aliphatic carbocycles. The van der Waals surface area contributed by atoms with Crippen LogP contribution in [0.4, 0.5) is 0 Å². The second-order valence-corrected chi connectivity index (χ2v) is 7.96. The zero-order valence-electron chi connectivity index (χ0n) is 18.0. The van der Waals surface area contributed by atoms with Crippen LogP contribution in [0.2, 0.25) is 5.02 Å². The van der Waals surface area contributed by atoms with E-state index < -0.39 is 0 Å². The molecule has 1 aliphatic rings. The molecule has 2 aromatic carbocycles. The number of rotatable bonds is 6. The van der Waals surface area contributed by atoms with Gasteiger partial charge in [-0.1, -0.05) is 41.9 Å². The Bertz CT molecular complexity index is 1110. The molecule has 0 unspecified atom stereocenters. The highest BCUT2D eigenvalue weighted by molar-refractivity contribution is 6.31. The van der Waals surface area contributed by atoms with Gasteiger partial charge < -0.3 is 14.4 Å². The van der Waals surface area contributed by atoms with Crippen molar-refractivity contribution in [2.75, 3.05) is 19.8 Å². The van der Waals surface area contributed by atoms with Gasteiger partial charge >= 0.3 is 0 Å². The first-order valence-corrected chi connectivity index (χ1v) is 10.8. The molecule has 4 rings (SSSR count). The first kappa shape index (κ1) is 21.2. The number of ether oxygens (including phenoxy) is 2. The van der Waals surface area contributed by atoms with E-state index in [1.54, 1.807) is 0 Å². The maximum Gasteiger partial charge on any atom is 0.257 e. The van der Waals surface area contributed by atoms with Gasteiger partial charge in [-0.3, -0.25) is 9.48 Å². The number of amides is 1. The van der Waals surface area contributed by atoms with E-state index in [4.69, 9.17) is 21.1 Å². The van der Waals surface area contributed by atoms with Crippen LogP contribution < -0.4 is 9.47 Å². The molecular weight excluding hydrogens is 414 g/mol. The van der Waals surface area contributed by atoms with Gasteiger partial charge in [-0.25, -0.2) is 0 Å². The summed E-state index contributed by atoms with van der Waals surface area (Å²) in [6.45, 7) is 8.35. The molecule has 0 N–H and O–H groups in total. The Morgan fingerprint density at radius 1 is 1.10 bits per heavy atom. The van der Waals surface area contributed by atoms with Gasteiger partial charge in [0.15, 0.2) is 11.5 Å². The van der Waals surface area contributed by atoms with Gasteiger partial charge in [0.25, 0.3) is 5.91 Å². The van der Waals surface area contributed by atoms with Gasteiger partial charge in [-0.05, 0) is 38.5 Å². The van der Waals surface area contributed by atoms with E-state index in [2.05, 4.69) is 5.10 Å². The minimum atomic E-state index is -0.0442. The second kappa shape index (κ2) is 9.02. The Hall–Kier alpha value is -2.99. The van der Waals surface area contributed by atoms with Crippen LogP contribution in [0.25, 0.3) is 0 Å². The van der Waals surface area contributed by atoms with Gasteiger partial charge in [0.2, 0.25) is 0 Å². The summed E-state index contributed by atoms with van der Waals surface area (Å²) < 4.78 is 13.3. The molecule has 1 aliphatic heterocycles. The predicted molar refractivity (Wildman–Crippen MR) is 120 cm³/mol. The van der Waals surface area contributed by atoms with Crippen molar-refractivity contribution < 1.29 is 14.3 Å². The molecule has 162 valence electrons. The normalized spacial score (nSPS) is 12.6. The van der Waals surface area contributed by atoms with Gasteiger partial charge in [0.1, 0.15) is 13.2 Å². The average molecular weight is 440 g/mol. The number of halogens is 1. The standard InChI is InChI=1S/C24H26ClN3O3/c1-4-27(14-19-9-7-11-21-23(19)31-13-12-30-21)24(29)22-16(2)26-28(17(22)3)15-18-8-5-6-10-20(18)25/h5-11H,4,12-15H2,1-3H3. The van der Waals surface area contributed by atoms with Gasteiger partial charge in [-0.2, -0.15) is 5.10 Å². The van der Waals surface area contributed by atoms with E-state index in [1.165, 1.54) is 0 Å². The van der Waals surface area contributed by atoms with Crippen molar-refractivity contribution in [3.05, 3.63) is 75.6 Å². The molecule has 1 amide bonds. The van der Waals surface area contributed by atoms with Crippen LogP contribution >= 0.6 is 11.6 Å². The lowest BCUT2D eigenvalue weighted by Crippen LogP contribution is -2.31.